The third kappa shape index (κ3) is 2.70. The Balaban J connectivity index is 1.93. The van der Waals surface area contributed by atoms with Gasteiger partial charge in [0.05, 0.1) is 0 Å². The van der Waals surface area contributed by atoms with Gasteiger partial charge in [0.25, 0.3) is 0 Å². The van der Waals surface area contributed by atoms with Gasteiger partial charge in [-0.15, -0.1) is 11.3 Å². The van der Waals surface area contributed by atoms with Crippen molar-refractivity contribution >= 4 is 17.0 Å². The molecule has 0 saturated heterocycles. The van der Waals surface area contributed by atoms with Gasteiger partial charge in [-0.25, -0.2) is 4.98 Å². The molecule has 0 unspecified atom stereocenters. The average Bonchev–Trinajstić information content (AvgIpc) is 2.80. The van der Waals surface area contributed by atoms with E-state index in [0.29, 0.717) is 6.61 Å². The van der Waals surface area contributed by atoms with E-state index in [1.807, 2.05) is 36.7 Å². The number of ether oxygens (including phenoxy) is 1. The van der Waals surface area contributed by atoms with Crippen LogP contribution < -0.4 is 10.1 Å². The minimum Gasteiger partial charge on any atom is -0.486 e. The number of nitrogens with zero attached hydrogens (tertiary/aromatic N) is 1. The molecule has 0 aliphatic carbocycles. The van der Waals surface area contributed by atoms with Crippen molar-refractivity contribution in [2.75, 3.05) is 12.4 Å². The van der Waals surface area contributed by atoms with Crippen LogP contribution >= 0.6 is 11.3 Å². The first kappa shape index (κ1) is 9.98. The molecule has 15 heavy (non-hydrogen) atoms. The van der Waals surface area contributed by atoms with Gasteiger partial charge in [-0.05, 0) is 24.3 Å². The molecular formula is C11H12N2OS. The Morgan fingerprint density at radius 2 is 2.13 bits per heavy atom. The molecule has 0 radical (unpaired) electrons. The third-order valence-corrected chi connectivity index (χ3v) is 2.74. The summed E-state index contributed by atoms with van der Waals surface area (Å²) in [6, 6.07) is 7.85. The molecule has 2 aromatic rings. The van der Waals surface area contributed by atoms with E-state index in [2.05, 4.69) is 10.3 Å². The van der Waals surface area contributed by atoms with Crippen LogP contribution in [-0.4, -0.2) is 12.0 Å². The van der Waals surface area contributed by atoms with Crippen LogP contribution in [0.5, 0.6) is 5.75 Å². The van der Waals surface area contributed by atoms with Crippen molar-refractivity contribution in [1.82, 2.24) is 4.98 Å². The molecule has 1 aromatic heterocycles. The predicted molar refractivity (Wildman–Crippen MR) is 62.4 cm³/mol. The molecule has 0 bridgehead atoms. The number of nitrogens with one attached hydrogen (secondary N) is 1. The third-order valence-electron chi connectivity index (χ3n) is 1.99. The van der Waals surface area contributed by atoms with Crippen molar-refractivity contribution in [2.24, 2.45) is 0 Å². The van der Waals surface area contributed by atoms with Gasteiger partial charge in [0, 0.05) is 24.3 Å². The van der Waals surface area contributed by atoms with Crippen LogP contribution in [0.25, 0.3) is 0 Å². The van der Waals surface area contributed by atoms with E-state index in [1.165, 1.54) is 0 Å². The summed E-state index contributed by atoms with van der Waals surface area (Å²) in [7, 11) is 1.89. The molecule has 3 nitrogen and oxygen atoms in total. The lowest BCUT2D eigenvalue weighted by Crippen LogP contribution is -1.94. The van der Waals surface area contributed by atoms with Crippen molar-refractivity contribution in [2.45, 2.75) is 6.61 Å². The molecule has 1 aromatic carbocycles. The van der Waals surface area contributed by atoms with Crippen molar-refractivity contribution < 1.29 is 4.74 Å². The first-order valence-electron chi connectivity index (χ1n) is 4.67. The highest BCUT2D eigenvalue weighted by molar-refractivity contribution is 7.09. The van der Waals surface area contributed by atoms with Gasteiger partial charge in [-0.2, -0.15) is 0 Å². The number of rotatable bonds is 4. The second-order valence-corrected chi connectivity index (χ2v) is 3.97. The summed E-state index contributed by atoms with van der Waals surface area (Å²) in [5.74, 6) is 0.865. The molecule has 0 saturated carbocycles. The van der Waals surface area contributed by atoms with Gasteiger partial charge >= 0.3 is 0 Å². The Bertz CT molecular complexity index is 397. The first-order chi connectivity index (χ1) is 7.38. The zero-order valence-electron chi connectivity index (χ0n) is 8.43. The standard InChI is InChI=1S/C11H12N2OS/c1-12-9-2-4-10(5-3-9)14-8-11-13-6-7-15-11/h2-7,12H,8H2,1H3. The normalized spacial score (nSPS) is 9.93. The van der Waals surface area contributed by atoms with Crippen LogP contribution in [-0.2, 0) is 6.61 Å². The number of benzene rings is 1. The predicted octanol–water partition coefficient (Wildman–Crippen LogP) is 2.76. The summed E-state index contributed by atoms with van der Waals surface area (Å²) in [6.07, 6.45) is 1.79. The summed E-state index contributed by atoms with van der Waals surface area (Å²) < 4.78 is 5.57. The largest absolute Gasteiger partial charge is 0.486 e. The van der Waals surface area contributed by atoms with E-state index < -0.39 is 0 Å². The molecule has 1 heterocycles. The fourth-order valence-corrected chi connectivity index (χ4v) is 1.71. The van der Waals surface area contributed by atoms with Gasteiger partial charge in [-0.1, -0.05) is 0 Å². The van der Waals surface area contributed by atoms with E-state index in [1.54, 1.807) is 17.5 Å². The summed E-state index contributed by atoms with van der Waals surface area (Å²) in [4.78, 5) is 4.15. The highest BCUT2D eigenvalue weighted by Crippen LogP contribution is 2.16. The number of aromatic nitrogens is 1. The molecule has 0 spiro atoms. The Kier molecular flexibility index (Phi) is 3.19. The number of anilines is 1. The second kappa shape index (κ2) is 4.79. The Morgan fingerprint density at radius 3 is 2.73 bits per heavy atom. The molecule has 0 atom stereocenters. The Labute approximate surface area is 92.7 Å². The van der Waals surface area contributed by atoms with E-state index in [-0.39, 0.29) is 0 Å². The lowest BCUT2D eigenvalue weighted by atomic mass is 10.3. The minimum atomic E-state index is 0.538. The molecular weight excluding hydrogens is 208 g/mol. The average molecular weight is 220 g/mol. The molecule has 0 fully saturated rings. The molecule has 4 heteroatoms. The first-order valence-corrected chi connectivity index (χ1v) is 5.55. The maximum absolute atomic E-state index is 5.57. The fraction of sp³-hybridized carbons (Fsp3) is 0.182. The van der Waals surface area contributed by atoms with Gasteiger partial charge in [0.1, 0.15) is 17.4 Å². The maximum Gasteiger partial charge on any atom is 0.140 e. The van der Waals surface area contributed by atoms with Crippen LogP contribution in [0.2, 0.25) is 0 Å². The summed E-state index contributed by atoms with van der Waals surface area (Å²) in [6.45, 7) is 0.538. The topological polar surface area (TPSA) is 34.1 Å². The summed E-state index contributed by atoms with van der Waals surface area (Å²) in [5, 5.41) is 6.00. The highest BCUT2D eigenvalue weighted by atomic mass is 32.1. The summed E-state index contributed by atoms with van der Waals surface area (Å²) in [5.41, 5.74) is 1.08. The lowest BCUT2D eigenvalue weighted by Gasteiger charge is -2.05. The molecule has 1 N–H and O–H groups in total. The smallest absolute Gasteiger partial charge is 0.140 e. The van der Waals surface area contributed by atoms with Crippen LogP contribution in [0.4, 0.5) is 5.69 Å². The van der Waals surface area contributed by atoms with Crippen LogP contribution in [0.3, 0.4) is 0 Å². The zero-order valence-corrected chi connectivity index (χ0v) is 9.25. The molecule has 0 amide bonds. The van der Waals surface area contributed by atoms with Gasteiger partial charge < -0.3 is 10.1 Å². The number of hydrogen-bond donors (Lipinski definition) is 1. The van der Waals surface area contributed by atoms with Crippen molar-refractivity contribution in [1.29, 1.82) is 0 Å². The van der Waals surface area contributed by atoms with Crippen LogP contribution in [0.15, 0.2) is 35.8 Å². The lowest BCUT2D eigenvalue weighted by molar-refractivity contribution is 0.305. The number of thiazole rings is 1. The number of hydrogen-bond acceptors (Lipinski definition) is 4. The van der Waals surface area contributed by atoms with Gasteiger partial charge in [0.15, 0.2) is 0 Å². The quantitative estimate of drug-likeness (QED) is 0.860. The van der Waals surface area contributed by atoms with Crippen LogP contribution in [0, 0.1) is 0 Å². The van der Waals surface area contributed by atoms with E-state index in [0.717, 1.165) is 16.4 Å². The molecule has 78 valence electrons. The van der Waals surface area contributed by atoms with Crippen LogP contribution in [0.1, 0.15) is 5.01 Å². The Morgan fingerprint density at radius 1 is 1.33 bits per heavy atom. The molecule has 0 aliphatic rings. The molecule has 2 rings (SSSR count). The molecule has 0 aliphatic heterocycles. The highest BCUT2D eigenvalue weighted by Gasteiger charge is 1.97. The fourth-order valence-electron chi connectivity index (χ4n) is 1.19. The SMILES string of the molecule is CNc1ccc(OCc2nccs2)cc1. The summed E-state index contributed by atoms with van der Waals surface area (Å²) >= 11 is 1.60. The Hall–Kier alpha value is -1.55. The van der Waals surface area contributed by atoms with Crippen molar-refractivity contribution in [3.63, 3.8) is 0 Å². The van der Waals surface area contributed by atoms with Crippen molar-refractivity contribution in [3.05, 3.63) is 40.8 Å². The van der Waals surface area contributed by atoms with E-state index >= 15 is 0 Å². The van der Waals surface area contributed by atoms with E-state index in [4.69, 9.17) is 4.74 Å². The second-order valence-electron chi connectivity index (χ2n) is 2.99. The monoisotopic (exact) mass is 220 g/mol. The zero-order chi connectivity index (χ0) is 10.5. The maximum atomic E-state index is 5.57. The minimum absolute atomic E-state index is 0.538. The van der Waals surface area contributed by atoms with E-state index in [9.17, 15) is 0 Å². The van der Waals surface area contributed by atoms with Gasteiger partial charge in [0.2, 0.25) is 0 Å². The van der Waals surface area contributed by atoms with Gasteiger partial charge in [-0.3, -0.25) is 0 Å². The van der Waals surface area contributed by atoms with Crippen molar-refractivity contribution in [3.8, 4) is 5.75 Å².